The first-order valence-corrected chi connectivity index (χ1v) is 8.10. The second kappa shape index (κ2) is 6.70. The molecule has 0 amide bonds. The molecule has 0 saturated carbocycles. The van der Waals surface area contributed by atoms with Gasteiger partial charge >= 0.3 is 0 Å². The van der Waals surface area contributed by atoms with E-state index in [9.17, 15) is 5.11 Å². The largest absolute Gasteiger partial charge is 0.389 e. The van der Waals surface area contributed by atoms with Crippen LogP contribution in [0.3, 0.4) is 0 Å². The zero-order valence-corrected chi connectivity index (χ0v) is 13.1. The zero-order chi connectivity index (χ0) is 14.7. The number of aliphatic hydroxyl groups is 1. The van der Waals surface area contributed by atoms with Crippen molar-refractivity contribution in [3.05, 3.63) is 40.1 Å². The van der Waals surface area contributed by atoms with Gasteiger partial charge in [-0.2, -0.15) is 0 Å². The average Bonchev–Trinajstić information content (AvgIpc) is 3.09. The Kier molecular flexibility index (Phi) is 4.70. The van der Waals surface area contributed by atoms with Crippen LogP contribution in [0.2, 0.25) is 0 Å². The van der Waals surface area contributed by atoms with E-state index in [1.54, 1.807) is 11.3 Å². The van der Waals surface area contributed by atoms with Crippen LogP contribution in [0.5, 0.6) is 0 Å². The Morgan fingerprint density at radius 1 is 1.52 bits per heavy atom. The molecule has 0 aliphatic carbocycles. The quantitative estimate of drug-likeness (QED) is 0.877. The molecule has 3 heterocycles. The van der Waals surface area contributed by atoms with Crippen molar-refractivity contribution in [3.8, 4) is 0 Å². The average molecular weight is 307 g/mol. The van der Waals surface area contributed by atoms with E-state index in [-0.39, 0.29) is 0 Å². The molecule has 1 atom stereocenters. The third kappa shape index (κ3) is 3.71. The second-order valence-electron chi connectivity index (χ2n) is 5.48. The van der Waals surface area contributed by atoms with Crippen molar-refractivity contribution in [1.82, 2.24) is 14.5 Å². The van der Waals surface area contributed by atoms with Crippen molar-refractivity contribution in [2.24, 2.45) is 7.05 Å². The van der Waals surface area contributed by atoms with Gasteiger partial charge in [-0.05, 0) is 11.4 Å². The Labute approximate surface area is 128 Å². The fourth-order valence-corrected chi connectivity index (χ4v) is 3.35. The zero-order valence-electron chi connectivity index (χ0n) is 12.2. The molecule has 2 aromatic rings. The fraction of sp³-hybridized carbons (Fsp3) is 0.533. The number of fused-ring (bicyclic) bond motifs is 1. The van der Waals surface area contributed by atoms with Crippen LogP contribution in [-0.4, -0.2) is 45.4 Å². The molecule has 21 heavy (non-hydrogen) atoms. The van der Waals surface area contributed by atoms with Crippen LogP contribution in [0, 0.1) is 0 Å². The summed E-state index contributed by atoms with van der Waals surface area (Å²) < 4.78 is 7.66. The highest BCUT2D eigenvalue weighted by Crippen LogP contribution is 2.17. The lowest BCUT2D eigenvalue weighted by Gasteiger charge is -2.28. The third-order valence-corrected chi connectivity index (χ3v) is 4.64. The van der Waals surface area contributed by atoms with Gasteiger partial charge in [0, 0.05) is 43.7 Å². The molecule has 1 N–H and O–H groups in total. The van der Waals surface area contributed by atoms with Gasteiger partial charge in [0.1, 0.15) is 0 Å². The minimum Gasteiger partial charge on any atom is -0.389 e. The maximum Gasteiger partial charge on any atom is 0.0949 e. The van der Waals surface area contributed by atoms with E-state index in [4.69, 9.17) is 4.74 Å². The molecule has 1 aliphatic heterocycles. The predicted molar refractivity (Wildman–Crippen MR) is 82.2 cm³/mol. The van der Waals surface area contributed by atoms with Gasteiger partial charge in [0.2, 0.25) is 0 Å². The van der Waals surface area contributed by atoms with Crippen LogP contribution in [0.1, 0.15) is 16.3 Å². The molecule has 0 spiro atoms. The minimum atomic E-state index is -0.449. The molecule has 0 aromatic carbocycles. The first-order chi connectivity index (χ1) is 10.2. The van der Waals surface area contributed by atoms with Crippen molar-refractivity contribution in [3.63, 3.8) is 0 Å². The summed E-state index contributed by atoms with van der Waals surface area (Å²) in [6.45, 7) is 3.38. The third-order valence-electron chi connectivity index (χ3n) is 3.79. The predicted octanol–water partition coefficient (Wildman–Crippen LogP) is 1.42. The van der Waals surface area contributed by atoms with Crippen molar-refractivity contribution < 1.29 is 9.84 Å². The van der Waals surface area contributed by atoms with Crippen LogP contribution >= 0.6 is 11.3 Å². The summed E-state index contributed by atoms with van der Waals surface area (Å²) in [6.07, 6.45) is 2.42. The molecule has 114 valence electrons. The number of aliphatic hydroxyl groups excluding tert-OH is 1. The number of hydrogen-bond donors (Lipinski definition) is 1. The number of thiophene rings is 1. The highest BCUT2D eigenvalue weighted by atomic mass is 32.1. The molecule has 0 fully saturated rings. The molecular formula is C15H21N3O2S. The maximum absolute atomic E-state index is 10.1. The topological polar surface area (TPSA) is 50.5 Å². The fourth-order valence-electron chi connectivity index (χ4n) is 2.71. The van der Waals surface area contributed by atoms with Crippen molar-refractivity contribution in [1.29, 1.82) is 0 Å². The lowest BCUT2D eigenvalue weighted by molar-refractivity contribution is 0.00820. The first-order valence-electron chi connectivity index (χ1n) is 7.22. The number of nitrogens with zero attached hydrogens (tertiary/aromatic N) is 3. The van der Waals surface area contributed by atoms with Crippen LogP contribution in [-0.2, 0) is 31.4 Å². The normalized spacial score (nSPS) is 16.9. The molecule has 0 radical (unpaired) electrons. The molecule has 5 nitrogen and oxygen atoms in total. The van der Waals surface area contributed by atoms with Crippen molar-refractivity contribution in [2.75, 3.05) is 19.7 Å². The van der Waals surface area contributed by atoms with Crippen LogP contribution in [0.25, 0.3) is 0 Å². The lowest BCUT2D eigenvalue weighted by Crippen LogP contribution is -2.38. The standard InChI is InChI=1S/C15H21N3O2S/c1-17-11-16-14-8-18(5-4-15(14)17)7-12(19)9-20-10-13-3-2-6-21-13/h2-3,6,11-12,19H,4-5,7-10H2,1H3/t12-/m1/s1. The Balaban J connectivity index is 1.42. The summed E-state index contributed by atoms with van der Waals surface area (Å²) in [7, 11) is 2.04. The smallest absolute Gasteiger partial charge is 0.0949 e. The number of imidazole rings is 1. The minimum absolute atomic E-state index is 0.378. The Morgan fingerprint density at radius 2 is 2.43 bits per heavy atom. The molecule has 6 heteroatoms. The second-order valence-corrected chi connectivity index (χ2v) is 6.51. The SMILES string of the molecule is Cn1cnc2c1CCN(C[C@@H](O)COCc1cccs1)C2. The molecule has 2 aromatic heterocycles. The van der Waals surface area contributed by atoms with Gasteiger partial charge in [-0.15, -0.1) is 11.3 Å². The molecule has 3 rings (SSSR count). The number of hydrogen-bond acceptors (Lipinski definition) is 5. The van der Waals surface area contributed by atoms with E-state index in [0.717, 1.165) is 25.2 Å². The van der Waals surface area contributed by atoms with Crippen LogP contribution in [0.4, 0.5) is 0 Å². The Hall–Kier alpha value is -1.21. The van der Waals surface area contributed by atoms with Gasteiger partial charge in [-0.3, -0.25) is 4.90 Å². The van der Waals surface area contributed by atoms with Crippen molar-refractivity contribution >= 4 is 11.3 Å². The van der Waals surface area contributed by atoms with E-state index in [1.807, 2.05) is 30.9 Å². The summed E-state index contributed by atoms with van der Waals surface area (Å²) >= 11 is 1.68. The Bertz CT molecular complexity index is 567. The molecular weight excluding hydrogens is 286 g/mol. The van der Waals surface area contributed by atoms with Gasteiger partial charge in [0.15, 0.2) is 0 Å². The van der Waals surface area contributed by atoms with Gasteiger partial charge < -0.3 is 14.4 Å². The van der Waals surface area contributed by atoms with Crippen LogP contribution in [0.15, 0.2) is 23.8 Å². The number of aromatic nitrogens is 2. The van der Waals surface area contributed by atoms with Gasteiger partial charge in [-0.25, -0.2) is 4.98 Å². The van der Waals surface area contributed by atoms with E-state index >= 15 is 0 Å². The summed E-state index contributed by atoms with van der Waals surface area (Å²) in [5.41, 5.74) is 2.45. The molecule has 0 bridgehead atoms. The van der Waals surface area contributed by atoms with Crippen LogP contribution < -0.4 is 0 Å². The van der Waals surface area contributed by atoms with E-state index < -0.39 is 6.10 Å². The van der Waals surface area contributed by atoms with Gasteiger partial charge in [0.25, 0.3) is 0 Å². The highest BCUT2D eigenvalue weighted by Gasteiger charge is 2.21. The van der Waals surface area contributed by atoms with Gasteiger partial charge in [-0.1, -0.05) is 6.07 Å². The lowest BCUT2D eigenvalue weighted by atomic mass is 10.1. The maximum atomic E-state index is 10.1. The summed E-state index contributed by atoms with van der Waals surface area (Å²) in [4.78, 5) is 7.86. The number of aryl methyl sites for hydroxylation is 1. The summed E-state index contributed by atoms with van der Waals surface area (Å²) in [5, 5.41) is 12.1. The van der Waals surface area contributed by atoms with E-state index in [0.29, 0.717) is 19.8 Å². The van der Waals surface area contributed by atoms with E-state index in [1.165, 1.54) is 10.6 Å². The first kappa shape index (κ1) is 14.7. The highest BCUT2D eigenvalue weighted by molar-refractivity contribution is 7.09. The molecule has 1 aliphatic rings. The van der Waals surface area contributed by atoms with Gasteiger partial charge in [0.05, 0.1) is 31.3 Å². The number of β-amino-alcohol motifs (C(OH)–C–C–N with tert-alkyl or cyclic N) is 1. The molecule has 0 saturated heterocycles. The summed E-state index contributed by atoms with van der Waals surface area (Å²) in [5.74, 6) is 0. The monoisotopic (exact) mass is 307 g/mol. The number of rotatable bonds is 6. The van der Waals surface area contributed by atoms with Crippen molar-refractivity contribution in [2.45, 2.75) is 25.7 Å². The Morgan fingerprint density at radius 3 is 3.24 bits per heavy atom. The number of ether oxygens (including phenoxy) is 1. The molecule has 0 unspecified atom stereocenters. The summed E-state index contributed by atoms with van der Waals surface area (Å²) in [6, 6.07) is 4.06. The van der Waals surface area contributed by atoms with E-state index in [2.05, 4.69) is 14.5 Å².